The van der Waals surface area contributed by atoms with Gasteiger partial charge in [-0.25, -0.2) is 0 Å². The molecule has 0 aliphatic carbocycles. The van der Waals surface area contributed by atoms with E-state index < -0.39 is 0 Å². The molecule has 1 fully saturated rings. The standard InChI is InChI=1S/C16H24N2O/c1-4-17-15-6-5-9-18(11-15)16(19)14-8-7-12(2)13(3)10-14/h7-8,10,15,17H,4-6,9,11H2,1-3H3. The van der Waals surface area contributed by atoms with E-state index in [1.165, 1.54) is 17.5 Å². The summed E-state index contributed by atoms with van der Waals surface area (Å²) in [4.78, 5) is 14.5. The van der Waals surface area contributed by atoms with Crippen molar-refractivity contribution in [2.24, 2.45) is 0 Å². The number of hydrogen-bond acceptors (Lipinski definition) is 2. The van der Waals surface area contributed by atoms with Gasteiger partial charge in [-0.15, -0.1) is 0 Å². The van der Waals surface area contributed by atoms with Crippen molar-refractivity contribution >= 4 is 5.91 Å². The van der Waals surface area contributed by atoms with Gasteiger partial charge < -0.3 is 10.2 Å². The molecule has 1 aromatic carbocycles. The van der Waals surface area contributed by atoms with Crippen LogP contribution < -0.4 is 5.32 Å². The fraction of sp³-hybridized carbons (Fsp3) is 0.562. The number of piperidine rings is 1. The van der Waals surface area contributed by atoms with Gasteiger partial charge in [-0.05, 0) is 56.5 Å². The molecule has 0 spiro atoms. The third-order valence-corrected chi connectivity index (χ3v) is 3.96. The first-order valence-electron chi connectivity index (χ1n) is 7.21. The zero-order chi connectivity index (χ0) is 13.8. The lowest BCUT2D eigenvalue weighted by Crippen LogP contribution is -2.47. The first kappa shape index (κ1) is 14.1. The van der Waals surface area contributed by atoms with E-state index in [2.05, 4.69) is 26.1 Å². The molecule has 3 heteroatoms. The van der Waals surface area contributed by atoms with Crippen LogP contribution >= 0.6 is 0 Å². The summed E-state index contributed by atoms with van der Waals surface area (Å²) in [5.41, 5.74) is 3.24. The summed E-state index contributed by atoms with van der Waals surface area (Å²) >= 11 is 0. The Kier molecular flexibility index (Phi) is 4.59. The van der Waals surface area contributed by atoms with Crippen LogP contribution in [0.4, 0.5) is 0 Å². The second-order valence-corrected chi connectivity index (χ2v) is 5.45. The van der Waals surface area contributed by atoms with Crippen molar-refractivity contribution in [1.29, 1.82) is 0 Å². The minimum Gasteiger partial charge on any atom is -0.337 e. The molecule has 0 saturated carbocycles. The van der Waals surface area contributed by atoms with Gasteiger partial charge >= 0.3 is 0 Å². The molecule has 1 aromatic rings. The Bertz CT molecular complexity index is 454. The zero-order valence-electron chi connectivity index (χ0n) is 12.2. The average molecular weight is 260 g/mol. The Morgan fingerprint density at radius 3 is 2.84 bits per heavy atom. The number of carbonyl (C=O) groups is 1. The second kappa shape index (κ2) is 6.20. The molecule has 2 rings (SSSR count). The number of likely N-dealkylation sites (N-methyl/N-ethyl adjacent to an activating group) is 1. The SMILES string of the molecule is CCNC1CCCN(C(=O)c2ccc(C)c(C)c2)C1. The van der Waals surface area contributed by atoms with Crippen LogP contribution in [0, 0.1) is 13.8 Å². The summed E-state index contributed by atoms with van der Waals surface area (Å²) in [7, 11) is 0. The lowest BCUT2D eigenvalue weighted by molar-refractivity contribution is 0.0695. The van der Waals surface area contributed by atoms with Gasteiger partial charge in [-0.3, -0.25) is 4.79 Å². The van der Waals surface area contributed by atoms with Crippen LogP contribution in [0.3, 0.4) is 0 Å². The fourth-order valence-electron chi connectivity index (χ4n) is 2.67. The molecule has 19 heavy (non-hydrogen) atoms. The zero-order valence-corrected chi connectivity index (χ0v) is 12.2. The highest BCUT2D eigenvalue weighted by Gasteiger charge is 2.23. The minimum atomic E-state index is 0.172. The lowest BCUT2D eigenvalue weighted by Gasteiger charge is -2.33. The Balaban J connectivity index is 2.08. The van der Waals surface area contributed by atoms with Gasteiger partial charge in [-0.1, -0.05) is 13.0 Å². The van der Waals surface area contributed by atoms with Crippen molar-refractivity contribution in [3.63, 3.8) is 0 Å². The lowest BCUT2D eigenvalue weighted by atomic mass is 10.0. The number of nitrogens with one attached hydrogen (secondary N) is 1. The topological polar surface area (TPSA) is 32.3 Å². The van der Waals surface area contributed by atoms with Gasteiger partial charge in [-0.2, -0.15) is 0 Å². The number of likely N-dealkylation sites (tertiary alicyclic amines) is 1. The van der Waals surface area contributed by atoms with Crippen LogP contribution in [0.2, 0.25) is 0 Å². The molecule has 0 bridgehead atoms. The normalized spacial score (nSPS) is 19.5. The number of amides is 1. The number of hydrogen-bond donors (Lipinski definition) is 1. The first-order valence-corrected chi connectivity index (χ1v) is 7.21. The Labute approximate surface area is 116 Å². The third-order valence-electron chi connectivity index (χ3n) is 3.96. The van der Waals surface area contributed by atoms with E-state index in [-0.39, 0.29) is 5.91 Å². The van der Waals surface area contributed by atoms with Crippen molar-refractivity contribution in [3.05, 3.63) is 34.9 Å². The highest BCUT2D eigenvalue weighted by atomic mass is 16.2. The van der Waals surface area contributed by atoms with E-state index in [1.54, 1.807) is 0 Å². The maximum absolute atomic E-state index is 12.5. The molecule has 1 saturated heterocycles. The van der Waals surface area contributed by atoms with E-state index in [0.29, 0.717) is 6.04 Å². The predicted molar refractivity (Wildman–Crippen MR) is 78.5 cm³/mol. The number of benzene rings is 1. The molecule has 1 N–H and O–H groups in total. The van der Waals surface area contributed by atoms with Gasteiger partial charge in [0, 0.05) is 24.7 Å². The van der Waals surface area contributed by atoms with E-state index >= 15 is 0 Å². The molecule has 104 valence electrons. The van der Waals surface area contributed by atoms with E-state index in [1.807, 2.05) is 23.1 Å². The molecule has 1 aliphatic heterocycles. The quantitative estimate of drug-likeness (QED) is 0.905. The van der Waals surface area contributed by atoms with Crippen molar-refractivity contribution in [1.82, 2.24) is 10.2 Å². The van der Waals surface area contributed by atoms with Crippen molar-refractivity contribution in [2.45, 2.75) is 39.7 Å². The summed E-state index contributed by atoms with van der Waals surface area (Å²) in [5, 5.41) is 3.45. The molecule has 0 radical (unpaired) electrons. The largest absolute Gasteiger partial charge is 0.337 e. The molecule has 1 aliphatic rings. The van der Waals surface area contributed by atoms with Crippen LogP contribution in [-0.4, -0.2) is 36.5 Å². The molecule has 1 unspecified atom stereocenters. The van der Waals surface area contributed by atoms with E-state index in [4.69, 9.17) is 0 Å². The highest BCUT2D eigenvalue weighted by molar-refractivity contribution is 5.94. The second-order valence-electron chi connectivity index (χ2n) is 5.45. The fourth-order valence-corrected chi connectivity index (χ4v) is 2.67. The predicted octanol–water partition coefficient (Wildman–Crippen LogP) is 2.52. The van der Waals surface area contributed by atoms with Gasteiger partial charge in [0.1, 0.15) is 0 Å². The molecule has 1 atom stereocenters. The van der Waals surface area contributed by atoms with Gasteiger partial charge in [0.15, 0.2) is 0 Å². The van der Waals surface area contributed by atoms with Crippen LogP contribution in [0.15, 0.2) is 18.2 Å². The van der Waals surface area contributed by atoms with Crippen LogP contribution in [0.5, 0.6) is 0 Å². The molecule has 1 heterocycles. The van der Waals surface area contributed by atoms with E-state index in [9.17, 15) is 4.79 Å². The summed E-state index contributed by atoms with van der Waals surface area (Å²) in [5.74, 6) is 0.172. The molecule has 0 aromatic heterocycles. The number of aryl methyl sites for hydroxylation is 2. The molecule has 1 amide bonds. The number of carbonyl (C=O) groups excluding carboxylic acids is 1. The first-order chi connectivity index (χ1) is 9.11. The van der Waals surface area contributed by atoms with Crippen LogP contribution in [0.25, 0.3) is 0 Å². The number of rotatable bonds is 3. The summed E-state index contributed by atoms with van der Waals surface area (Å²) in [6.45, 7) is 8.93. The Morgan fingerprint density at radius 2 is 2.16 bits per heavy atom. The van der Waals surface area contributed by atoms with E-state index in [0.717, 1.165) is 31.6 Å². The van der Waals surface area contributed by atoms with Gasteiger partial charge in [0.05, 0.1) is 0 Å². The molecule has 3 nitrogen and oxygen atoms in total. The van der Waals surface area contributed by atoms with Crippen molar-refractivity contribution in [2.75, 3.05) is 19.6 Å². The maximum atomic E-state index is 12.5. The maximum Gasteiger partial charge on any atom is 0.253 e. The van der Waals surface area contributed by atoms with Crippen LogP contribution in [0.1, 0.15) is 41.3 Å². The Hall–Kier alpha value is -1.35. The Morgan fingerprint density at radius 1 is 1.37 bits per heavy atom. The smallest absolute Gasteiger partial charge is 0.253 e. The highest BCUT2D eigenvalue weighted by Crippen LogP contribution is 2.16. The average Bonchev–Trinajstić information content (AvgIpc) is 2.42. The summed E-state index contributed by atoms with van der Waals surface area (Å²) in [6, 6.07) is 6.44. The monoisotopic (exact) mass is 260 g/mol. The number of nitrogens with zero attached hydrogens (tertiary/aromatic N) is 1. The van der Waals surface area contributed by atoms with Crippen molar-refractivity contribution in [3.8, 4) is 0 Å². The third kappa shape index (κ3) is 3.35. The van der Waals surface area contributed by atoms with Crippen molar-refractivity contribution < 1.29 is 4.79 Å². The molecular weight excluding hydrogens is 236 g/mol. The summed E-state index contributed by atoms with van der Waals surface area (Å²) < 4.78 is 0. The van der Waals surface area contributed by atoms with Gasteiger partial charge in [0.25, 0.3) is 5.91 Å². The minimum absolute atomic E-state index is 0.172. The molecular formula is C16H24N2O. The summed E-state index contributed by atoms with van der Waals surface area (Å²) in [6.07, 6.45) is 2.26. The van der Waals surface area contributed by atoms with Gasteiger partial charge in [0.2, 0.25) is 0 Å². The van der Waals surface area contributed by atoms with Crippen LogP contribution in [-0.2, 0) is 0 Å².